The third-order valence-corrected chi connectivity index (χ3v) is 3.04. The van der Waals surface area contributed by atoms with Gasteiger partial charge >= 0.3 is 0 Å². The molecule has 2 aromatic rings. The van der Waals surface area contributed by atoms with Crippen LogP contribution in [0.4, 0.5) is 0 Å². The fourth-order valence-corrected chi connectivity index (χ4v) is 1.95. The van der Waals surface area contributed by atoms with Gasteiger partial charge in [0.2, 0.25) is 0 Å². The van der Waals surface area contributed by atoms with E-state index in [1.165, 1.54) is 12.8 Å². The lowest BCUT2D eigenvalue weighted by molar-refractivity contribution is 0.714. The Labute approximate surface area is 94.1 Å². The fourth-order valence-electron chi connectivity index (χ4n) is 1.95. The molecule has 1 aliphatic carbocycles. The minimum Gasteiger partial charge on any atom is -0.309 e. The average molecular weight is 217 g/mol. The summed E-state index contributed by atoms with van der Waals surface area (Å²) in [5.74, 6) is 0.942. The van der Waals surface area contributed by atoms with Crippen molar-refractivity contribution in [3.05, 3.63) is 18.1 Å². The molecule has 1 aliphatic rings. The summed E-state index contributed by atoms with van der Waals surface area (Å²) in [7, 11) is 1.96. The molecule has 0 saturated heterocycles. The van der Waals surface area contributed by atoms with Crippen LogP contribution in [0.2, 0.25) is 0 Å². The van der Waals surface area contributed by atoms with Crippen LogP contribution in [0.25, 0.3) is 11.5 Å². The van der Waals surface area contributed by atoms with E-state index >= 15 is 0 Å². The van der Waals surface area contributed by atoms with Crippen molar-refractivity contribution in [2.45, 2.75) is 32.2 Å². The molecule has 84 valence electrons. The van der Waals surface area contributed by atoms with E-state index in [0.717, 1.165) is 23.6 Å². The lowest BCUT2D eigenvalue weighted by Crippen LogP contribution is -2.01. The van der Waals surface area contributed by atoms with E-state index in [9.17, 15) is 0 Å². The van der Waals surface area contributed by atoms with Gasteiger partial charge < -0.3 is 4.57 Å². The highest BCUT2D eigenvalue weighted by molar-refractivity contribution is 5.50. The Balaban J connectivity index is 2.06. The maximum atomic E-state index is 4.44. The second-order valence-corrected chi connectivity index (χ2v) is 4.29. The Hall–Kier alpha value is -1.65. The second kappa shape index (κ2) is 3.43. The van der Waals surface area contributed by atoms with Crippen molar-refractivity contribution in [3.63, 3.8) is 0 Å². The molecular formula is C11H15N5. The minimum atomic E-state index is 0.602. The van der Waals surface area contributed by atoms with Crippen LogP contribution >= 0.6 is 0 Å². The van der Waals surface area contributed by atoms with E-state index in [4.69, 9.17) is 0 Å². The van der Waals surface area contributed by atoms with E-state index in [1.54, 1.807) is 0 Å². The maximum absolute atomic E-state index is 4.44. The molecule has 3 rings (SSSR count). The summed E-state index contributed by atoms with van der Waals surface area (Å²) < 4.78 is 4.05. The van der Waals surface area contributed by atoms with Crippen molar-refractivity contribution in [1.82, 2.24) is 24.5 Å². The number of hydrogen-bond donors (Lipinski definition) is 0. The summed E-state index contributed by atoms with van der Waals surface area (Å²) in [5.41, 5.74) is 2.16. The van der Waals surface area contributed by atoms with Gasteiger partial charge in [-0.25, -0.2) is 0 Å². The van der Waals surface area contributed by atoms with E-state index in [-0.39, 0.29) is 0 Å². The van der Waals surface area contributed by atoms with Gasteiger partial charge in [0.1, 0.15) is 12.0 Å². The van der Waals surface area contributed by atoms with Crippen molar-refractivity contribution in [2.24, 2.45) is 7.05 Å². The van der Waals surface area contributed by atoms with Crippen LogP contribution in [0.15, 0.2) is 12.4 Å². The minimum absolute atomic E-state index is 0.602. The Morgan fingerprint density at radius 3 is 2.88 bits per heavy atom. The summed E-state index contributed by atoms with van der Waals surface area (Å²) in [6.07, 6.45) is 5.25. The van der Waals surface area contributed by atoms with Gasteiger partial charge in [-0.2, -0.15) is 5.10 Å². The highest BCUT2D eigenvalue weighted by Gasteiger charge is 2.27. The molecule has 0 amide bonds. The first kappa shape index (κ1) is 9.57. The summed E-state index contributed by atoms with van der Waals surface area (Å²) in [4.78, 5) is 0. The molecule has 0 atom stereocenters. The van der Waals surface area contributed by atoms with Gasteiger partial charge in [0, 0.05) is 13.1 Å². The van der Waals surface area contributed by atoms with Crippen LogP contribution in [0.1, 0.15) is 31.5 Å². The van der Waals surface area contributed by atoms with Crippen molar-refractivity contribution in [1.29, 1.82) is 0 Å². The van der Waals surface area contributed by atoms with Crippen LogP contribution in [-0.2, 0) is 13.5 Å². The van der Waals surface area contributed by atoms with Crippen molar-refractivity contribution in [2.75, 3.05) is 0 Å². The summed E-state index contributed by atoms with van der Waals surface area (Å²) >= 11 is 0. The molecular weight excluding hydrogens is 202 g/mol. The average Bonchev–Trinajstić information content (AvgIpc) is 2.89. The van der Waals surface area contributed by atoms with Gasteiger partial charge in [-0.3, -0.25) is 4.68 Å². The Morgan fingerprint density at radius 1 is 1.44 bits per heavy atom. The molecule has 0 N–H and O–H groups in total. The summed E-state index contributed by atoms with van der Waals surface area (Å²) in [6, 6.07) is 2.70. The normalized spacial score (nSPS) is 15.6. The fraction of sp³-hybridized carbons (Fsp3) is 0.545. The van der Waals surface area contributed by atoms with Crippen LogP contribution in [0.3, 0.4) is 0 Å². The zero-order valence-electron chi connectivity index (χ0n) is 9.59. The molecule has 1 fully saturated rings. The van der Waals surface area contributed by atoms with Gasteiger partial charge in [-0.15, -0.1) is 10.2 Å². The maximum Gasteiger partial charge on any atom is 0.182 e. The molecule has 0 aromatic carbocycles. The molecule has 5 nitrogen and oxygen atoms in total. The molecule has 2 heterocycles. The van der Waals surface area contributed by atoms with Crippen molar-refractivity contribution in [3.8, 4) is 11.5 Å². The predicted octanol–water partition coefficient (Wildman–Crippen LogP) is 1.58. The van der Waals surface area contributed by atoms with E-state index in [1.807, 2.05) is 18.1 Å². The van der Waals surface area contributed by atoms with Crippen LogP contribution < -0.4 is 0 Å². The Bertz CT molecular complexity index is 506. The van der Waals surface area contributed by atoms with Gasteiger partial charge in [0.15, 0.2) is 5.82 Å². The predicted molar refractivity (Wildman–Crippen MR) is 59.9 cm³/mol. The topological polar surface area (TPSA) is 48.5 Å². The number of aromatic nitrogens is 5. The highest BCUT2D eigenvalue weighted by Crippen LogP contribution is 2.37. The molecule has 0 radical (unpaired) electrons. The van der Waals surface area contributed by atoms with Crippen LogP contribution in [0.5, 0.6) is 0 Å². The van der Waals surface area contributed by atoms with E-state index in [2.05, 4.69) is 32.9 Å². The van der Waals surface area contributed by atoms with Gasteiger partial charge in [0.25, 0.3) is 0 Å². The molecule has 0 spiro atoms. The first-order valence-electron chi connectivity index (χ1n) is 5.72. The summed E-state index contributed by atoms with van der Waals surface area (Å²) in [5, 5.41) is 12.7. The van der Waals surface area contributed by atoms with Crippen LogP contribution in [0, 0.1) is 0 Å². The zero-order chi connectivity index (χ0) is 11.1. The smallest absolute Gasteiger partial charge is 0.182 e. The lowest BCUT2D eigenvalue weighted by Gasteiger charge is -2.03. The lowest BCUT2D eigenvalue weighted by atomic mass is 10.3. The SMILES string of the molecule is CCc1cc(-c2nncn2C2CC2)n(C)n1. The van der Waals surface area contributed by atoms with Gasteiger partial charge in [-0.05, 0) is 25.3 Å². The van der Waals surface area contributed by atoms with Gasteiger partial charge in [0.05, 0.1) is 5.69 Å². The first-order chi connectivity index (χ1) is 7.79. The van der Waals surface area contributed by atoms with E-state index in [0.29, 0.717) is 6.04 Å². The second-order valence-electron chi connectivity index (χ2n) is 4.29. The molecule has 0 aliphatic heterocycles. The molecule has 16 heavy (non-hydrogen) atoms. The number of rotatable bonds is 3. The van der Waals surface area contributed by atoms with E-state index < -0.39 is 0 Å². The molecule has 1 saturated carbocycles. The number of nitrogens with zero attached hydrogens (tertiary/aromatic N) is 5. The van der Waals surface area contributed by atoms with Crippen molar-refractivity contribution >= 4 is 0 Å². The molecule has 0 unspecified atom stereocenters. The standard InChI is InChI=1S/C11H15N5/c1-3-8-6-10(15(2)14-8)11-13-12-7-16(11)9-4-5-9/h6-7,9H,3-5H2,1-2H3. The molecule has 5 heteroatoms. The molecule has 0 bridgehead atoms. The third kappa shape index (κ3) is 1.43. The third-order valence-electron chi connectivity index (χ3n) is 3.04. The zero-order valence-corrected chi connectivity index (χ0v) is 9.59. The Morgan fingerprint density at radius 2 is 2.25 bits per heavy atom. The first-order valence-corrected chi connectivity index (χ1v) is 5.72. The Kier molecular flexibility index (Phi) is 2.05. The summed E-state index contributed by atoms with van der Waals surface area (Å²) in [6.45, 7) is 2.11. The quantitative estimate of drug-likeness (QED) is 0.784. The largest absolute Gasteiger partial charge is 0.309 e. The monoisotopic (exact) mass is 217 g/mol. The number of hydrogen-bond acceptors (Lipinski definition) is 3. The highest BCUT2D eigenvalue weighted by atomic mass is 15.3. The van der Waals surface area contributed by atoms with Gasteiger partial charge in [-0.1, -0.05) is 6.92 Å². The van der Waals surface area contributed by atoms with Crippen LogP contribution in [-0.4, -0.2) is 24.5 Å². The molecule has 2 aromatic heterocycles. The number of aryl methyl sites for hydroxylation is 2. The van der Waals surface area contributed by atoms with Crippen molar-refractivity contribution < 1.29 is 0 Å².